The van der Waals surface area contributed by atoms with Gasteiger partial charge in [-0.3, -0.25) is 9.48 Å². The number of carbonyl (C=O) groups is 1. The molecule has 0 fully saturated rings. The van der Waals surface area contributed by atoms with Crippen LogP contribution in [0.1, 0.15) is 29.9 Å². The van der Waals surface area contributed by atoms with Crippen molar-refractivity contribution in [2.75, 3.05) is 0 Å². The Kier molecular flexibility index (Phi) is 3.81. The zero-order chi connectivity index (χ0) is 15.6. The molecule has 21 heavy (non-hydrogen) atoms. The number of benzene rings is 1. The minimum absolute atomic E-state index is 0.302. The van der Waals surface area contributed by atoms with E-state index in [1.165, 1.54) is 5.56 Å². The molecule has 108 valence electrons. The lowest BCUT2D eigenvalue weighted by Crippen LogP contribution is -2.42. The fraction of sp³-hybridized carbons (Fsp3) is 0.312. The number of nitrogens with one attached hydrogen (secondary N) is 1. The second-order valence-corrected chi connectivity index (χ2v) is 5.60. The second-order valence-electron chi connectivity index (χ2n) is 5.60. The molecule has 0 saturated heterocycles. The molecule has 0 spiro atoms. The summed E-state index contributed by atoms with van der Waals surface area (Å²) < 4.78 is 1.67. The van der Waals surface area contributed by atoms with Crippen LogP contribution in [0.25, 0.3) is 11.3 Å². The minimum atomic E-state index is -0.918. The maximum Gasteiger partial charge on any atom is 0.273 e. The lowest BCUT2D eigenvalue weighted by atomic mass is 10.1. The standard InChI is InChI=1S/C16H18N4O/c1-11-5-7-12(8-6-11)14-9-13(19-20(14)4)15(21)18-16(2,3)10-17/h5-9H,1-4H3,(H,18,21). The van der Waals surface area contributed by atoms with E-state index in [2.05, 4.69) is 10.4 Å². The number of aromatic nitrogens is 2. The molecule has 0 atom stereocenters. The van der Waals surface area contributed by atoms with E-state index >= 15 is 0 Å². The molecule has 0 saturated carbocycles. The van der Waals surface area contributed by atoms with Crippen LogP contribution in [-0.2, 0) is 7.05 Å². The molecule has 0 aliphatic carbocycles. The molecule has 0 aliphatic rings. The van der Waals surface area contributed by atoms with E-state index in [9.17, 15) is 4.79 Å². The van der Waals surface area contributed by atoms with Gasteiger partial charge in [-0.1, -0.05) is 29.8 Å². The Morgan fingerprint density at radius 1 is 1.33 bits per heavy atom. The molecule has 0 radical (unpaired) electrons. The third-order valence-corrected chi connectivity index (χ3v) is 3.17. The van der Waals surface area contributed by atoms with Crippen molar-refractivity contribution in [2.45, 2.75) is 26.3 Å². The van der Waals surface area contributed by atoms with Crippen molar-refractivity contribution in [3.8, 4) is 17.3 Å². The number of nitriles is 1. The van der Waals surface area contributed by atoms with Gasteiger partial charge < -0.3 is 5.32 Å². The van der Waals surface area contributed by atoms with Crippen LogP contribution in [0, 0.1) is 18.3 Å². The quantitative estimate of drug-likeness (QED) is 0.939. The number of amides is 1. The SMILES string of the molecule is Cc1ccc(-c2cc(C(=O)NC(C)(C)C#N)nn2C)cc1. The Bertz CT molecular complexity index is 705. The molecule has 0 bridgehead atoms. The summed E-state index contributed by atoms with van der Waals surface area (Å²) in [5.74, 6) is -0.351. The van der Waals surface area contributed by atoms with Crippen molar-refractivity contribution in [3.05, 3.63) is 41.6 Å². The van der Waals surface area contributed by atoms with Crippen molar-refractivity contribution in [1.29, 1.82) is 5.26 Å². The summed E-state index contributed by atoms with van der Waals surface area (Å²) in [7, 11) is 1.79. The first kappa shape index (κ1) is 14.8. The zero-order valence-electron chi connectivity index (χ0n) is 12.6. The molecule has 2 aromatic rings. The van der Waals surface area contributed by atoms with Gasteiger partial charge in [0, 0.05) is 7.05 Å². The average molecular weight is 282 g/mol. The smallest absolute Gasteiger partial charge is 0.273 e. The van der Waals surface area contributed by atoms with E-state index in [0.717, 1.165) is 11.3 Å². The van der Waals surface area contributed by atoms with Crippen molar-refractivity contribution < 1.29 is 4.79 Å². The van der Waals surface area contributed by atoms with Crippen LogP contribution < -0.4 is 5.32 Å². The van der Waals surface area contributed by atoms with Crippen molar-refractivity contribution in [3.63, 3.8) is 0 Å². The molecule has 1 N–H and O–H groups in total. The Morgan fingerprint density at radius 3 is 2.52 bits per heavy atom. The largest absolute Gasteiger partial charge is 0.333 e. The highest BCUT2D eigenvalue weighted by Crippen LogP contribution is 2.20. The van der Waals surface area contributed by atoms with Gasteiger partial charge >= 0.3 is 0 Å². The molecular formula is C16H18N4O. The molecule has 1 heterocycles. The Balaban J connectivity index is 2.29. The van der Waals surface area contributed by atoms with E-state index in [1.54, 1.807) is 31.6 Å². The summed E-state index contributed by atoms with van der Waals surface area (Å²) >= 11 is 0. The maximum absolute atomic E-state index is 12.1. The number of hydrogen-bond donors (Lipinski definition) is 1. The fourth-order valence-electron chi connectivity index (χ4n) is 1.95. The van der Waals surface area contributed by atoms with Crippen LogP contribution in [0.5, 0.6) is 0 Å². The van der Waals surface area contributed by atoms with Gasteiger partial charge in [0.2, 0.25) is 0 Å². The third-order valence-electron chi connectivity index (χ3n) is 3.17. The zero-order valence-corrected chi connectivity index (χ0v) is 12.6. The molecule has 5 nitrogen and oxygen atoms in total. The third kappa shape index (κ3) is 3.29. The molecule has 5 heteroatoms. The van der Waals surface area contributed by atoms with Crippen LogP contribution >= 0.6 is 0 Å². The summed E-state index contributed by atoms with van der Waals surface area (Å²) in [5.41, 5.74) is 2.41. The molecule has 0 unspecified atom stereocenters. The molecule has 1 aromatic heterocycles. The number of nitrogens with zero attached hydrogens (tertiary/aromatic N) is 3. The Hall–Kier alpha value is -2.61. The van der Waals surface area contributed by atoms with Crippen molar-refractivity contribution >= 4 is 5.91 Å². The van der Waals surface area contributed by atoms with E-state index in [1.807, 2.05) is 37.3 Å². The first-order valence-corrected chi connectivity index (χ1v) is 6.67. The van der Waals surface area contributed by atoms with Gasteiger partial charge in [0.05, 0.1) is 11.8 Å². The number of aryl methyl sites for hydroxylation is 2. The Morgan fingerprint density at radius 2 is 1.95 bits per heavy atom. The summed E-state index contributed by atoms with van der Waals surface area (Å²) in [6.07, 6.45) is 0. The topological polar surface area (TPSA) is 70.7 Å². The molecule has 0 aliphatic heterocycles. The van der Waals surface area contributed by atoms with Crippen LogP contribution in [0.2, 0.25) is 0 Å². The highest BCUT2D eigenvalue weighted by atomic mass is 16.2. The van der Waals surface area contributed by atoms with Crippen LogP contribution in [0.15, 0.2) is 30.3 Å². The van der Waals surface area contributed by atoms with Gasteiger partial charge in [-0.25, -0.2) is 0 Å². The van der Waals surface area contributed by atoms with Gasteiger partial charge in [0.15, 0.2) is 5.69 Å². The lowest BCUT2D eigenvalue weighted by molar-refractivity contribution is 0.0923. The van der Waals surface area contributed by atoms with Crippen LogP contribution in [-0.4, -0.2) is 21.2 Å². The highest BCUT2D eigenvalue weighted by molar-refractivity contribution is 5.94. The van der Waals surface area contributed by atoms with E-state index in [-0.39, 0.29) is 5.91 Å². The predicted octanol–water partition coefficient (Wildman–Crippen LogP) is 2.43. The van der Waals surface area contributed by atoms with Crippen LogP contribution in [0.3, 0.4) is 0 Å². The highest BCUT2D eigenvalue weighted by Gasteiger charge is 2.22. The van der Waals surface area contributed by atoms with Gasteiger partial charge in [0.1, 0.15) is 5.54 Å². The number of rotatable bonds is 3. The fourth-order valence-corrected chi connectivity index (χ4v) is 1.95. The average Bonchev–Trinajstić information content (AvgIpc) is 2.81. The van der Waals surface area contributed by atoms with E-state index in [0.29, 0.717) is 5.69 Å². The predicted molar refractivity (Wildman–Crippen MR) is 80.5 cm³/mol. The second kappa shape index (κ2) is 5.41. The van der Waals surface area contributed by atoms with E-state index in [4.69, 9.17) is 5.26 Å². The molecule has 1 aromatic carbocycles. The summed E-state index contributed by atoms with van der Waals surface area (Å²) in [6, 6.07) is 11.8. The van der Waals surface area contributed by atoms with Crippen molar-refractivity contribution in [2.24, 2.45) is 7.05 Å². The minimum Gasteiger partial charge on any atom is -0.333 e. The Labute approximate surface area is 124 Å². The normalized spacial score (nSPS) is 11.0. The lowest BCUT2D eigenvalue weighted by Gasteiger charge is -2.16. The first-order chi connectivity index (χ1) is 9.82. The van der Waals surface area contributed by atoms with E-state index < -0.39 is 5.54 Å². The molecular weight excluding hydrogens is 264 g/mol. The first-order valence-electron chi connectivity index (χ1n) is 6.67. The summed E-state index contributed by atoms with van der Waals surface area (Å²) in [4.78, 5) is 12.1. The maximum atomic E-state index is 12.1. The molecule has 2 rings (SSSR count). The summed E-state index contributed by atoms with van der Waals surface area (Å²) in [6.45, 7) is 5.32. The van der Waals surface area contributed by atoms with Crippen LogP contribution in [0.4, 0.5) is 0 Å². The summed E-state index contributed by atoms with van der Waals surface area (Å²) in [5, 5.41) is 15.8. The number of hydrogen-bond acceptors (Lipinski definition) is 3. The van der Waals surface area contributed by atoms with Crippen molar-refractivity contribution in [1.82, 2.24) is 15.1 Å². The molecule has 1 amide bonds. The van der Waals surface area contributed by atoms with Gasteiger partial charge in [0.25, 0.3) is 5.91 Å². The number of carbonyl (C=O) groups excluding carboxylic acids is 1. The van der Waals surface area contributed by atoms with Gasteiger partial charge in [-0.05, 0) is 32.4 Å². The van der Waals surface area contributed by atoms with Gasteiger partial charge in [-0.15, -0.1) is 0 Å². The van der Waals surface area contributed by atoms with Gasteiger partial charge in [-0.2, -0.15) is 10.4 Å². The monoisotopic (exact) mass is 282 g/mol.